The van der Waals surface area contributed by atoms with Crippen molar-refractivity contribution in [1.29, 1.82) is 0 Å². The van der Waals surface area contributed by atoms with Crippen LogP contribution in [-0.2, 0) is 9.53 Å². The van der Waals surface area contributed by atoms with Gasteiger partial charge in [-0.2, -0.15) is 0 Å². The molecule has 0 saturated carbocycles. The number of unbranched alkanes of at least 4 members (excludes halogenated alkanes) is 2. The molecule has 0 unspecified atom stereocenters. The van der Waals surface area contributed by atoms with Gasteiger partial charge < -0.3 is 9.47 Å². The Balaban J connectivity index is 2.33. The molecular weight excluding hydrogens is 354 g/mol. The average Bonchev–Trinajstić information content (AvgIpc) is 2.64. The summed E-state index contributed by atoms with van der Waals surface area (Å²) in [5, 5.41) is 2.54. The number of amides is 2. The molecule has 0 atom stereocenters. The third-order valence-corrected chi connectivity index (χ3v) is 3.57. The minimum absolute atomic E-state index is 0.0379. The summed E-state index contributed by atoms with van der Waals surface area (Å²) in [4.78, 5) is 23.7. The normalized spacial score (nSPS) is 10.1. The predicted octanol–water partition coefficient (Wildman–Crippen LogP) is 2.32. The van der Waals surface area contributed by atoms with Crippen LogP contribution in [0.15, 0.2) is 24.3 Å². The first-order valence-electron chi connectivity index (χ1n) is 8.77. The molecule has 144 valence electrons. The number of hydrogen-bond donors (Lipinski definition) is 3. The monoisotopic (exact) mass is 381 g/mol. The third-order valence-electron chi connectivity index (χ3n) is 3.37. The van der Waals surface area contributed by atoms with E-state index in [0.717, 1.165) is 19.3 Å². The van der Waals surface area contributed by atoms with Gasteiger partial charge in [-0.05, 0) is 49.8 Å². The molecule has 0 aliphatic rings. The van der Waals surface area contributed by atoms with Gasteiger partial charge in [0, 0.05) is 18.6 Å². The molecule has 0 aliphatic heterocycles. The molecule has 7 nitrogen and oxygen atoms in total. The molecule has 1 aromatic carbocycles. The van der Waals surface area contributed by atoms with Crippen LogP contribution in [0.3, 0.4) is 0 Å². The maximum Gasteiger partial charge on any atom is 0.257 e. The largest absolute Gasteiger partial charge is 0.491 e. The molecule has 0 spiro atoms. The number of rotatable bonds is 10. The number of benzene rings is 1. The molecule has 0 radical (unpaired) electrons. The number of ether oxygens (including phenoxy) is 2. The Morgan fingerprint density at radius 3 is 2.42 bits per heavy atom. The first-order valence-corrected chi connectivity index (χ1v) is 9.18. The van der Waals surface area contributed by atoms with Crippen molar-refractivity contribution in [3.63, 3.8) is 0 Å². The van der Waals surface area contributed by atoms with E-state index in [1.54, 1.807) is 24.3 Å². The van der Waals surface area contributed by atoms with E-state index in [0.29, 0.717) is 37.6 Å². The smallest absolute Gasteiger partial charge is 0.257 e. The second-order valence-electron chi connectivity index (χ2n) is 5.48. The van der Waals surface area contributed by atoms with Crippen LogP contribution in [0.4, 0.5) is 0 Å². The van der Waals surface area contributed by atoms with Crippen molar-refractivity contribution >= 4 is 29.1 Å². The van der Waals surface area contributed by atoms with Gasteiger partial charge in [-0.25, -0.2) is 0 Å². The zero-order valence-corrected chi connectivity index (χ0v) is 16.1. The zero-order valence-electron chi connectivity index (χ0n) is 15.3. The Morgan fingerprint density at radius 1 is 1.04 bits per heavy atom. The Morgan fingerprint density at radius 2 is 1.77 bits per heavy atom. The van der Waals surface area contributed by atoms with Gasteiger partial charge in [0.1, 0.15) is 12.4 Å². The third kappa shape index (κ3) is 9.33. The first-order chi connectivity index (χ1) is 12.6. The fourth-order valence-corrected chi connectivity index (χ4v) is 2.14. The molecule has 1 aromatic rings. The summed E-state index contributed by atoms with van der Waals surface area (Å²) in [6.07, 6.45) is 3.29. The summed E-state index contributed by atoms with van der Waals surface area (Å²) >= 11 is 5.00. The molecule has 0 aromatic heterocycles. The molecule has 3 N–H and O–H groups in total. The van der Waals surface area contributed by atoms with Gasteiger partial charge in [0.05, 0.1) is 6.61 Å². The molecule has 8 heteroatoms. The van der Waals surface area contributed by atoms with E-state index in [2.05, 4.69) is 23.1 Å². The Kier molecular flexibility index (Phi) is 11.0. The Hall–Kier alpha value is -2.19. The maximum atomic E-state index is 12.1. The fraction of sp³-hybridized carbons (Fsp3) is 0.500. The zero-order chi connectivity index (χ0) is 19.2. The van der Waals surface area contributed by atoms with Crippen LogP contribution in [0.2, 0.25) is 0 Å². The van der Waals surface area contributed by atoms with E-state index >= 15 is 0 Å². The van der Waals surface area contributed by atoms with E-state index in [4.69, 9.17) is 21.7 Å². The van der Waals surface area contributed by atoms with Crippen molar-refractivity contribution in [3.8, 4) is 5.75 Å². The highest BCUT2D eigenvalue weighted by atomic mass is 32.1. The molecular formula is C18H27N3O4S. The van der Waals surface area contributed by atoms with Crippen LogP contribution in [0.25, 0.3) is 0 Å². The van der Waals surface area contributed by atoms with Gasteiger partial charge in [0.25, 0.3) is 5.91 Å². The summed E-state index contributed by atoms with van der Waals surface area (Å²) in [5.74, 6) is 0.119. The van der Waals surface area contributed by atoms with E-state index in [1.165, 1.54) is 0 Å². The molecule has 0 fully saturated rings. The van der Waals surface area contributed by atoms with Gasteiger partial charge in [0.2, 0.25) is 5.91 Å². The Bertz CT molecular complexity index is 578. The number of hydrazine groups is 1. The molecule has 0 saturated heterocycles. The molecule has 26 heavy (non-hydrogen) atoms. The predicted molar refractivity (Wildman–Crippen MR) is 104 cm³/mol. The van der Waals surface area contributed by atoms with E-state index in [-0.39, 0.29) is 16.9 Å². The van der Waals surface area contributed by atoms with E-state index in [1.807, 2.05) is 6.92 Å². The minimum atomic E-state index is -0.372. The lowest BCUT2D eigenvalue weighted by Gasteiger charge is -2.11. The van der Waals surface area contributed by atoms with Gasteiger partial charge in [-0.15, -0.1) is 0 Å². The van der Waals surface area contributed by atoms with Crippen molar-refractivity contribution < 1.29 is 19.1 Å². The highest BCUT2D eigenvalue weighted by molar-refractivity contribution is 7.80. The highest BCUT2D eigenvalue weighted by Gasteiger charge is 2.09. The van der Waals surface area contributed by atoms with E-state index in [9.17, 15) is 9.59 Å². The topological polar surface area (TPSA) is 88.7 Å². The molecule has 0 aliphatic carbocycles. The lowest BCUT2D eigenvalue weighted by molar-refractivity contribution is -0.121. The van der Waals surface area contributed by atoms with Gasteiger partial charge >= 0.3 is 0 Å². The minimum Gasteiger partial charge on any atom is -0.491 e. The van der Waals surface area contributed by atoms with Crippen LogP contribution in [0.1, 0.15) is 49.9 Å². The number of carbonyl (C=O) groups is 2. The van der Waals surface area contributed by atoms with Crippen LogP contribution in [-0.4, -0.2) is 36.7 Å². The Labute approximate surface area is 159 Å². The lowest BCUT2D eigenvalue weighted by atomic mass is 10.2. The standard InChI is InChI=1S/C18H27N3O4S/c1-3-5-6-7-16(22)20-21-18(26)19-17(23)14-8-10-15(11-9-14)25-13-12-24-4-2/h8-11H,3-7,12-13H2,1-2H3,(H,20,22)(H2,19,21,23,26). The molecule has 2 amide bonds. The second-order valence-corrected chi connectivity index (χ2v) is 5.89. The SMILES string of the molecule is CCCCCC(=O)NNC(=S)NC(=O)c1ccc(OCCOCC)cc1. The lowest BCUT2D eigenvalue weighted by Crippen LogP contribution is -2.48. The van der Waals surface area contributed by atoms with Crippen molar-refractivity contribution in [1.82, 2.24) is 16.2 Å². The molecule has 0 bridgehead atoms. The van der Waals surface area contributed by atoms with E-state index < -0.39 is 0 Å². The summed E-state index contributed by atoms with van der Waals surface area (Å²) in [7, 11) is 0. The van der Waals surface area contributed by atoms with Crippen LogP contribution in [0.5, 0.6) is 5.75 Å². The van der Waals surface area contributed by atoms with Gasteiger partial charge in [0.15, 0.2) is 5.11 Å². The number of nitrogens with one attached hydrogen (secondary N) is 3. The summed E-state index contributed by atoms with van der Waals surface area (Å²) < 4.78 is 10.7. The highest BCUT2D eigenvalue weighted by Crippen LogP contribution is 2.12. The van der Waals surface area contributed by atoms with Crippen molar-refractivity contribution in [3.05, 3.63) is 29.8 Å². The summed E-state index contributed by atoms with van der Waals surface area (Å²) in [6.45, 7) is 5.61. The molecule has 1 rings (SSSR count). The van der Waals surface area contributed by atoms with Gasteiger partial charge in [-0.1, -0.05) is 19.8 Å². The van der Waals surface area contributed by atoms with Crippen LogP contribution in [0, 0.1) is 0 Å². The van der Waals surface area contributed by atoms with Crippen LogP contribution < -0.4 is 20.9 Å². The molecule has 0 heterocycles. The fourth-order valence-electron chi connectivity index (χ4n) is 2.00. The number of hydrogen-bond acceptors (Lipinski definition) is 5. The quantitative estimate of drug-likeness (QED) is 0.327. The summed E-state index contributed by atoms with van der Waals surface area (Å²) in [5.41, 5.74) is 5.42. The average molecular weight is 381 g/mol. The van der Waals surface area contributed by atoms with Crippen molar-refractivity contribution in [2.45, 2.75) is 39.5 Å². The number of carbonyl (C=O) groups excluding carboxylic acids is 2. The van der Waals surface area contributed by atoms with Gasteiger partial charge in [-0.3, -0.25) is 25.8 Å². The maximum absolute atomic E-state index is 12.1. The number of thiocarbonyl (C=S) groups is 1. The second kappa shape index (κ2) is 13.1. The van der Waals surface area contributed by atoms with Crippen molar-refractivity contribution in [2.75, 3.05) is 19.8 Å². The van der Waals surface area contributed by atoms with Crippen molar-refractivity contribution in [2.24, 2.45) is 0 Å². The summed E-state index contributed by atoms with van der Waals surface area (Å²) in [6, 6.07) is 6.67. The first kappa shape index (κ1) is 21.9. The van der Waals surface area contributed by atoms with Crippen LogP contribution >= 0.6 is 12.2 Å².